The van der Waals surface area contributed by atoms with Gasteiger partial charge in [-0.3, -0.25) is 0 Å². The van der Waals surface area contributed by atoms with E-state index in [2.05, 4.69) is 43.2 Å². The molecule has 1 aromatic rings. The number of nitrogens with zero attached hydrogens (tertiary/aromatic N) is 1. The Morgan fingerprint density at radius 1 is 1.30 bits per heavy atom. The van der Waals surface area contributed by atoms with Crippen LogP contribution in [0.3, 0.4) is 0 Å². The van der Waals surface area contributed by atoms with Gasteiger partial charge in [0.1, 0.15) is 5.75 Å². The van der Waals surface area contributed by atoms with Crippen LogP contribution in [-0.2, 0) is 0 Å². The van der Waals surface area contributed by atoms with Gasteiger partial charge in [-0.05, 0) is 44.4 Å². The molecule has 20 heavy (non-hydrogen) atoms. The summed E-state index contributed by atoms with van der Waals surface area (Å²) in [7, 11) is 3.86. The van der Waals surface area contributed by atoms with Crippen molar-refractivity contribution in [1.82, 2.24) is 5.32 Å². The van der Waals surface area contributed by atoms with Gasteiger partial charge < -0.3 is 15.0 Å². The molecule has 1 unspecified atom stereocenters. The zero-order valence-electron chi connectivity index (χ0n) is 13.5. The molecule has 0 saturated heterocycles. The number of rotatable bonds is 10. The first-order valence-electron chi connectivity index (χ1n) is 7.79. The van der Waals surface area contributed by atoms with Crippen molar-refractivity contribution in [2.75, 3.05) is 32.1 Å². The van der Waals surface area contributed by atoms with Crippen LogP contribution in [0.15, 0.2) is 24.3 Å². The molecule has 3 nitrogen and oxygen atoms in total. The second-order valence-corrected chi connectivity index (χ2v) is 5.32. The summed E-state index contributed by atoms with van der Waals surface area (Å²) in [5.41, 5.74) is 1.22. The van der Waals surface area contributed by atoms with Crippen molar-refractivity contribution < 1.29 is 4.74 Å². The van der Waals surface area contributed by atoms with Gasteiger partial charge in [0.2, 0.25) is 0 Å². The van der Waals surface area contributed by atoms with Gasteiger partial charge in [-0.25, -0.2) is 0 Å². The second-order valence-electron chi connectivity index (χ2n) is 5.32. The van der Waals surface area contributed by atoms with E-state index < -0.39 is 0 Å². The largest absolute Gasteiger partial charge is 0.497 e. The Kier molecular flexibility index (Phi) is 8.12. The molecule has 1 aromatic carbocycles. The first-order chi connectivity index (χ1) is 9.71. The molecule has 3 heteroatoms. The highest BCUT2D eigenvalue weighted by atomic mass is 16.5. The highest BCUT2D eigenvalue weighted by Gasteiger charge is 2.06. The van der Waals surface area contributed by atoms with Crippen LogP contribution in [0.1, 0.15) is 39.5 Å². The van der Waals surface area contributed by atoms with E-state index in [1.807, 2.05) is 12.1 Å². The maximum absolute atomic E-state index is 5.27. The number of methoxy groups -OCH3 is 1. The van der Waals surface area contributed by atoms with Crippen LogP contribution in [0.5, 0.6) is 5.75 Å². The average Bonchev–Trinajstić information content (AvgIpc) is 2.50. The Labute approximate surface area is 124 Å². The maximum atomic E-state index is 5.27. The van der Waals surface area contributed by atoms with E-state index in [4.69, 9.17) is 4.74 Å². The quantitative estimate of drug-likeness (QED) is 0.706. The predicted octanol–water partition coefficient (Wildman–Crippen LogP) is 3.69. The molecule has 0 heterocycles. The van der Waals surface area contributed by atoms with Gasteiger partial charge in [-0.15, -0.1) is 0 Å². The molecule has 1 N–H and O–H groups in total. The van der Waals surface area contributed by atoms with Crippen molar-refractivity contribution in [1.29, 1.82) is 0 Å². The van der Waals surface area contributed by atoms with Gasteiger partial charge in [0, 0.05) is 31.4 Å². The van der Waals surface area contributed by atoms with Crippen LogP contribution in [0, 0.1) is 0 Å². The third kappa shape index (κ3) is 5.83. The Bertz CT molecular complexity index is 368. The number of ether oxygens (including phenoxy) is 1. The molecular formula is C17H30N2O. The standard InChI is InChI=1S/C17H30N2O/c1-5-12-18-15(6-2)9-8-13-19(3)16-10-7-11-17(14-16)20-4/h7,10-11,14-15,18H,5-6,8-9,12-13H2,1-4H3. The Hall–Kier alpha value is -1.22. The van der Waals surface area contributed by atoms with Crippen molar-refractivity contribution in [3.8, 4) is 5.75 Å². The van der Waals surface area contributed by atoms with Crippen molar-refractivity contribution in [2.24, 2.45) is 0 Å². The SMILES string of the molecule is CCCNC(CC)CCCN(C)c1cccc(OC)c1. The minimum atomic E-state index is 0.661. The summed E-state index contributed by atoms with van der Waals surface area (Å²) in [6.45, 7) is 6.69. The van der Waals surface area contributed by atoms with Crippen molar-refractivity contribution in [3.63, 3.8) is 0 Å². The maximum Gasteiger partial charge on any atom is 0.120 e. The summed E-state index contributed by atoms with van der Waals surface area (Å²) in [4.78, 5) is 2.30. The lowest BCUT2D eigenvalue weighted by Gasteiger charge is -2.22. The first kappa shape index (κ1) is 16.8. The predicted molar refractivity (Wildman–Crippen MR) is 87.9 cm³/mol. The van der Waals surface area contributed by atoms with Crippen LogP contribution in [0.25, 0.3) is 0 Å². The Balaban J connectivity index is 2.36. The molecule has 0 bridgehead atoms. The summed E-state index contributed by atoms with van der Waals surface area (Å²) >= 11 is 0. The minimum absolute atomic E-state index is 0.661. The number of hydrogen-bond donors (Lipinski definition) is 1. The fourth-order valence-corrected chi connectivity index (χ4v) is 2.35. The third-order valence-corrected chi connectivity index (χ3v) is 3.72. The lowest BCUT2D eigenvalue weighted by Crippen LogP contribution is -2.30. The highest BCUT2D eigenvalue weighted by Crippen LogP contribution is 2.20. The molecule has 1 rings (SSSR count). The van der Waals surface area contributed by atoms with Gasteiger partial charge in [0.05, 0.1) is 7.11 Å². The molecule has 0 amide bonds. The number of benzene rings is 1. The van der Waals surface area contributed by atoms with E-state index in [1.54, 1.807) is 7.11 Å². The fraction of sp³-hybridized carbons (Fsp3) is 0.647. The third-order valence-electron chi connectivity index (χ3n) is 3.72. The summed E-state index contributed by atoms with van der Waals surface area (Å²) in [5, 5.41) is 3.61. The summed E-state index contributed by atoms with van der Waals surface area (Å²) < 4.78 is 5.27. The summed E-state index contributed by atoms with van der Waals surface area (Å²) in [6.07, 6.45) is 4.87. The molecule has 114 valence electrons. The van der Waals surface area contributed by atoms with E-state index in [0.29, 0.717) is 6.04 Å². The minimum Gasteiger partial charge on any atom is -0.497 e. The zero-order chi connectivity index (χ0) is 14.8. The molecule has 0 spiro atoms. The lowest BCUT2D eigenvalue weighted by molar-refractivity contribution is 0.414. The zero-order valence-corrected chi connectivity index (χ0v) is 13.5. The van der Waals surface area contributed by atoms with Crippen LogP contribution in [-0.4, -0.2) is 33.3 Å². The van der Waals surface area contributed by atoms with Gasteiger partial charge >= 0.3 is 0 Å². The topological polar surface area (TPSA) is 24.5 Å². The first-order valence-corrected chi connectivity index (χ1v) is 7.79. The fourth-order valence-electron chi connectivity index (χ4n) is 2.35. The molecule has 0 fully saturated rings. The molecule has 0 aliphatic heterocycles. The van der Waals surface area contributed by atoms with Gasteiger partial charge in [-0.1, -0.05) is 19.9 Å². The number of nitrogens with one attached hydrogen (secondary N) is 1. The van der Waals surface area contributed by atoms with Gasteiger partial charge in [0.15, 0.2) is 0 Å². The van der Waals surface area contributed by atoms with Crippen molar-refractivity contribution in [2.45, 2.75) is 45.6 Å². The van der Waals surface area contributed by atoms with E-state index in [9.17, 15) is 0 Å². The monoisotopic (exact) mass is 278 g/mol. The Morgan fingerprint density at radius 2 is 2.10 bits per heavy atom. The molecule has 1 atom stereocenters. The van der Waals surface area contributed by atoms with Gasteiger partial charge in [-0.2, -0.15) is 0 Å². The molecule has 0 aromatic heterocycles. The second kappa shape index (κ2) is 9.65. The van der Waals surface area contributed by atoms with Crippen LogP contribution in [0.4, 0.5) is 5.69 Å². The van der Waals surface area contributed by atoms with Crippen molar-refractivity contribution >= 4 is 5.69 Å². The van der Waals surface area contributed by atoms with Crippen LogP contribution < -0.4 is 15.0 Å². The van der Waals surface area contributed by atoms with Gasteiger partial charge in [0.25, 0.3) is 0 Å². The molecule has 0 radical (unpaired) electrons. The van der Waals surface area contributed by atoms with Crippen LogP contribution in [0.2, 0.25) is 0 Å². The van der Waals surface area contributed by atoms with E-state index >= 15 is 0 Å². The van der Waals surface area contributed by atoms with E-state index in [1.165, 1.54) is 31.4 Å². The van der Waals surface area contributed by atoms with Crippen LogP contribution >= 0.6 is 0 Å². The number of anilines is 1. The number of hydrogen-bond acceptors (Lipinski definition) is 3. The molecular weight excluding hydrogens is 248 g/mol. The van der Waals surface area contributed by atoms with Crippen molar-refractivity contribution in [3.05, 3.63) is 24.3 Å². The Morgan fingerprint density at radius 3 is 2.75 bits per heavy atom. The normalized spacial score (nSPS) is 12.2. The molecule has 0 aliphatic rings. The van der Waals surface area contributed by atoms with E-state index in [0.717, 1.165) is 18.8 Å². The van der Waals surface area contributed by atoms with E-state index in [-0.39, 0.29) is 0 Å². The highest BCUT2D eigenvalue weighted by molar-refractivity contribution is 5.49. The lowest BCUT2D eigenvalue weighted by atomic mass is 10.1. The smallest absolute Gasteiger partial charge is 0.120 e. The average molecular weight is 278 g/mol. The molecule has 0 saturated carbocycles. The molecule has 0 aliphatic carbocycles. The summed E-state index contributed by atoms with van der Waals surface area (Å²) in [6, 6.07) is 8.91. The summed E-state index contributed by atoms with van der Waals surface area (Å²) in [5.74, 6) is 0.922.